The Balaban J connectivity index is 1.43. The van der Waals surface area contributed by atoms with E-state index >= 15 is 0 Å². The molecule has 0 aromatic heterocycles. The fourth-order valence-electron chi connectivity index (χ4n) is 3.86. The van der Waals surface area contributed by atoms with Crippen LogP contribution in [0, 0.1) is 0 Å². The van der Waals surface area contributed by atoms with Gasteiger partial charge in [-0.15, -0.1) is 0 Å². The van der Waals surface area contributed by atoms with Gasteiger partial charge in [-0.3, -0.25) is 4.79 Å². The summed E-state index contributed by atoms with van der Waals surface area (Å²) in [5.41, 5.74) is 1.44. The summed E-state index contributed by atoms with van der Waals surface area (Å²) >= 11 is 0. The van der Waals surface area contributed by atoms with Gasteiger partial charge in [-0.25, -0.2) is 13.1 Å². The molecule has 0 radical (unpaired) electrons. The number of ether oxygens (including phenoxy) is 1. The molecule has 1 saturated heterocycles. The standard InChI is InChI=1S/C24H26N2O4S/c1-17(22-10-4-7-18-6-2-3-9-23(18)22)26-24(27)19-11-13-21(14-12-19)31(28,29)25-16-20-8-5-15-30-20/h2-4,6-7,9-14,17,20,25H,5,8,15-16H2,1H3,(H,26,27). The van der Waals surface area contributed by atoms with Gasteiger partial charge in [-0.1, -0.05) is 42.5 Å². The van der Waals surface area contributed by atoms with Crippen LogP contribution in [0.5, 0.6) is 0 Å². The molecule has 0 spiro atoms. The smallest absolute Gasteiger partial charge is 0.251 e. The number of hydrogen-bond acceptors (Lipinski definition) is 4. The fourth-order valence-corrected chi connectivity index (χ4v) is 4.93. The van der Waals surface area contributed by atoms with E-state index in [0.717, 1.165) is 29.2 Å². The first-order valence-electron chi connectivity index (χ1n) is 10.4. The molecule has 31 heavy (non-hydrogen) atoms. The zero-order chi connectivity index (χ0) is 21.8. The highest BCUT2D eigenvalue weighted by molar-refractivity contribution is 7.89. The number of nitrogens with one attached hydrogen (secondary N) is 2. The summed E-state index contributed by atoms with van der Waals surface area (Å²) in [6, 6.07) is 19.8. The van der Waals surface area contributed by atoms with Crippen molar-refractivity contribution >= 4 is 26.7 Å². The first-order valence-corrected chi connectivity index (χ1v) is 11.9. The van der Waals surface area contributed by atoms with Crippen LogP contribution in [0.4, 0.5) is 0 Å². The van der Waals surface area contributed by atoms with Gasteiger partial charge >= 0.3 is 0 Å². The van der Waals surface area contributed by atoms with E-state index in [0.29, 0.717) is 12.2 Å². The van der Waals surface area contributed by atoms with Crippen molar-refractivity contribution in [2.45, 2.75) is 36.8 Å². The normalized spacial score (nSPS) is 17.5. The highest BCUT2D eigenvalue weighted by Crippen LogP contribution is 2.24. The van der Waals surface area contributed by atoms with Gasteiger partial charge in [-0.2, -0.15) is 0 Å². The third-order valence-electron chi connectivity index (χ3n) is 5.59. The molecular weight excluding hydrogens is 412 g/mol. The van der Waals surface area contributed by atoms with Crippen molar-refractivity contribution in [2.24, 2.45) is 0 Å². The Morgan fingerprint density at radius 2 is 1.81 bits per heavy atom. The van der Waals surface area contributed by atoms with Crippen LogP contribution in [0.15, 0.2) is 71.6 Å². The average Bonchev–Trinajstić information content (AvgIpc) is 3.31. The second-order valence-corrected chi connectivity index (χ2v) is 9.54. The maximum absolute atomic E-state index is 12.7. The molecule has 0 aliphatic carbocycles. The van der Waals surface area contributed by atoms with Gasteiger partial charge in [0.15, 0.2) is 0 Å². The zero-order valence-corrected chi connectivity index (χ0v) is 18.2. The maximum Gasteiger partial charge on any atom is 0.251 e. The van der Waals surface area contributed by atoms with Gasteiger partial charge < -0.3 is 10.1 Å². The summed E-state index contributed by atoms with van der Waals surface area (Å²) in [4.78, 5) is 12.9. The summed E-state index contributed by atoms with van der Waals surface area (Å²) in [6.45, 7) is 2.87. The molecule has 0 bridgehead atoms. The molecule has 3 aromatic carbocycles. The second-order valence-electron chi connectivity index (χ2n) is 7.77. The molecule has 162 valence electrons. The minimum Gasteiger partial charge on any atom is -0.377 e. The second kappa shape index (κ2) is 9.18. The van der Waals surface area contributed by atoms with Crippen LogP contribution in [0.2, 0.25) is 0 Å². The SMILES string of the molecule is CC(NC(=O)c1ccc(S(=O)(=O)NCC2CCCO2)cc1)c1cccc2ccccc12. The van der Waals surface area contributed by atoms with Crippen molar-refractivity contribution in [1.29, 1.82) is 0 Å². The molecule has 6 nitrogen and oxygen atoms in total. The molecule has 2 N–H and O–H groups in total. The Bertz CT molecular complexity index is 1160. The van der Waals surface area contributed by atoms with E-state index in [1.807, 2.05) is 49.4 Å². The number of fused-ring (bicyclic) bond motifs is 1. The molecule has 4 rings (SSSR count). The lowest BCUT2D eigenvalue weighted by Crippen LogP contribution is -2.32. The lowest BCUT2D eigenvalue weighted by molar-refractivity contribution is 0.0940. The van der Waals surface area contributed by atoms with E-state index in [2.05, 4.69) is 10.0 Å². The Labute approximate surface area is 182 Å². The van der Waals surface area contributed by atoms with E-state index < -0.39 is 10.0 Å². The van der Waals surface area contributed by atoms with E-state index in [-0.39, 0.29) is 29.5 Å². The van der Waals surface area contributed by atoms with E-state index in [9.17, 15) is 13.2 Å². The van der Waals surface area contributed by atoms with Crippen molar-refractivity contribution in [2.75, 3.05) is 13.2 Å². The molecule has 1 aliphatic heterocycles. The van der Waals surface area contributed by atoms with Crippen LogP contribution in [0.25, 0.3) is 10.8 Å². The molecule has 1 aliphatic rings. The van der Waals surface area contributed by atoms with Gasteiger partial charge in [0, 0.05) is 18.7 Å². The number of carbonyl (C=O) groups excluding carboxylic acids is 1. The van der Waals surface area contributed by atoms with Crippen molar-refractivity contribution in [3.8, 4) is 0 Å². The molecule has 0 saturated carbocycles. The number of hydrogen-bond donors (Lipinski definition) is 2. The summed E-state index contributed by atoms with van der Waals surface area (Å²) in [5.74, 6) is -0.253. The molecule has 1 fully saturated rings. The Hall–Kier alpha value is -2.74. The van der Waals surface area contributed by atoms with Crippen LogP contribution in [-0.2, 0) is 14.8 Å². The summed E-state index contributed by atoms with van der Waals surface area (Å²) < 4.78 is 33.0. The van der Waals surface area contributed by atoms with Crippen molar-refractivity contribution in [1.82, 2.24) is 10.0 Å². The predicted octanol–water partition coefficient (Wildman–Crippen LogP) is 3.79. The number of carbonyl (C=O) groups is 1. The zero-order valence-electron chi connectivity index (χ0n) is 17.4. The van der Waals surface area contributed by atoms with Gasteiger partial charge in [0.1, 0.15) is 0 Å². The van der Waals surface area contributed by atoms with Gasteiger partial charge in [0.05, 0.1) is 17.0 Å². The van der Waals surface area contributed by atoms with Gasteiger partial charge in [-0.05, 0) is 60.4 Å². The largest absolute Gasteiger partial charge is 0.377 e. The number of benzene rings is 3. The van der Waals surface area contributed by atoms with Gasteiger partial charge in [0.25, 0.3) is 5.91 Å². The van der Waals surface area contributed by atoms with Gasteiger partial charge in [0.2, 0.25) is 10.0 Å². The minimum atomic E-state index is -3.64. The molecular formula is C24H26N2O4S. The minimum absolute atomic E-state index is 0.0737. The first-order chi connectivity index (χ1) is 14.9. The molecule has 3 aromatic rings. The van der Waals surface area contributed by atoms with Crippen LogP contribution in [0.1, 0.15) is 41.7 Å². The van der Waals surface area contributed by atoms with Crippen LogP contribution in [0.3, 0.4) is 0 Å². The summed E-state index contributed by atoms with van der Waals surface area (Å²) in [7, 11) is -3.64. The molecule has 2 atom stereocenters. The number of rotatable bonds is 7. The number of amides is 1. The van der Waals surface area contributed by atoms with Crippen LogP contribution >= 0.6 is 0 Å². The summed E-state index contributed by atoms with van der Waals surface area (Å²) in [6.07, 6.45) is 1.74. The molecule has 2 unspecified atom stereocenters. The van der Waals surface area contributed by atoms with E-state index in [1.165, 1.54) is 24.3 Å². The lowest BCUT2D eigenvalue weighted by Gasteiger charge is -2.17. The quantitative estimate of drug-likeness (QED) is 0.588. The summed E-state index contributed by atoms with van der Waals surface area (Å²) in [5, 5.41) is 5.22. The Morgan fingerprint density at radius 1 is 1.06 bits per heavy atom. The first kappa shape index (κ1) is 21.5. The highest BCUT2D eigenvalue weighted by Gasteiger charge is 2.21. The highest BCUT2D eigenvalue weighted by atomic mass is 32.2. The molecule has 1 amide bonds. The van der Waals surface area contributed by atoms with E-state index in [1.54, 1.807) is 0 Å². The third kappa shape index (κ3) is 4.95. The van der Waals surface area contributed by atoms with Crippen molar-refractivity contribution in [3.05, 3.63) is 77.9 Å². The topological polar surface area (TPSA) is 84.5 Å². The molecule has 1 heterocycles. The van der Waals surface area contributed by atoms with E-state index in [4.69, 9.17) is 4.74 Å². The monoisotopic (exact) mass is 438 g/mol. The third-order valence-corrected chi connectivity index (χ3v) is 7.03. The molecule has 7 heteroatoms. The lowest BCUT2D eigenvalue weighted by atomic mass is 9.99. The number of sulfonamides is 1. The Morgan fingerprint density at radius 3 is 2.55 bits per heavy atom. The van der Waals surface area contributed by atoms with Crippen molar-refractivity contribution < 1.29 is 17.9 Å². The Kier molecular flexibility index (Phi) is 6.36. The predicted molar refractivity (Wildman–Crippen MR) is 120 cm³/mol. The van der Waals surface area contributed by atoms with Crippen LogP contribution in [-0.4, -0.2) is 33.6 Å². The van der Waals surface area contributed by atoms with Crippen molar-refractivity contribution in [3.63, 3.8) is 0 Å². The fraction of sp³-hybridized carbons (Fsp3) is 0.292. The maximum atomic E-state index is 12.7. The average molecular weight is 439 g/mol. The van der Waals surface area contributed by atoms with Crippen LogP contribution < -0.4 is 10.0 Å².